The summed E-state index contributed by atoms with van der Waals surface area (Å²) in [5, 5.41) is 5.61. The van der Waals surface area contributed by atoms with Crippen LogP contribution in [-0.4, -0.2) is 24.7 Å². The van der Waals surface area contributed by atoms with Crippen LogP contribution in [0.1, 0.15) is 55.2 Å². The van der Waals surface area contributed by atoms with Gasteiger partial charge >= 0.3 is 6.09 Å². The fourth-order valence-corrected chi connectivity index (χ4v) is 2.71. The molecule has 2 rings (SSSR count). The number of nitrogens with one attached hydrogen (secondary N) is 2. The lowest BCUT2D eigenvalue weighted by Gasteiger charge is -2.20. The smallest absolute Gasteiger partial charge is 0.412 e. The van der Waals surface area contributed by atoms with Gasteiger partial charge in [0, 0.05) is 16.8 Å². The minimum absolute atomic E-state index is 0.246. The second-order valence-corrected chi connectivity index (χ2v) is 7.65. The molecule has 2 amide bonds. The predicted molar refractivity (Wildman–Crippen MR) is 110 cm³/mol. The van der Waals surface area contributed by atoms with Crippen LogP contribution in [0.15, 0.2) is 42.5 Å². The molecule has 0 aromatic heterocycles. The first-order valence-electron chi connectivity index (χ1n) is 9.14. The number of ether oxygens (including phenoxy) is 2. The molecule has 6 nitrogen and oxygen atoms in total. The predicted octanol–water partition coefficient (Wildman–Crippen LogP) is 4.84. The van der Waals surface area contributed by atoms with Crippen LogP contribution in [0.4, 0.5) is 10.5 Å². The maximum Gasteiger partial charge on any atom is 0.412 e. The number of rotatable bonds is 5. The Hall–Kier alpha value is -3.02. The molecule has 0 saturated heterocycles. The maximum absolute atomic E-state index is 12.7. The summed E-state index contributed by atoms with van der Waals surface area (Å²) in [6, 6.07) is 12.3. The van der Waals surface area contributed by atoms with Gasteiger partial charge in [-0.25, -0.2) is 4.79 Å². The van der Waals surface area contributed by atoms with Crippen LogP contribution in [0.3, 0.4) is 0 Å². The normalized spacial score (nSPS) is 12.1. The van der Waals surface area contributed by atoms with Crippen LogP contribution < -0.4 is 15.4 Å². The Bertz CT molecular complexity index is 856. The number of hydrogen-bond acceptors (Lipinski definition) is 4. The maximum atomic E-state index is 12.7. The summed E-state index contributed by atoms with van der Waals surface area (Å²) in [7, 11) is 1.61. The third-order valence-corrected chi connectivity index (χ3v) is 3.97. The van der Waals surface area contributed by atoms with E-state index in [0.717, 1.165) is 16.9 Å². The average Bonchev–Trinajstić information content (AvgIpc) is 2.60. The molecule has 150 valence electrons. The Labute approximate surface area is 166 Å². The molecule has 0 aliphatic heterocycles. The minimum Gasteiger partial charge on any atom is -0.496 e. The van der Waals surface area contributed by atoms with Crippen molar-refractivity contribution < 1.29 is 19.1 Å². The quantitative estimate of drug-likeness (QED) is 0.773. The van der Waals surface area contributed by atoms with Crippen LogP contribution in [0.25, 0.3) is 0 Å². The standard InChI is InChI=1S/C22H28N2O4/c1-14-10-11-19(27-6)18(12-14)15(2)23-20(25)16-8-7-9-17(13-16)24-21(26)28-22(3,4)5/h7-13,15H,1-6H3,(H,23,25)(H,24,26)/t15-/m0/s1. The van der Waals surface area contributed by atoms with Gasteiger partial charge in [0.05, 0.1) is 13.2 Å². The van der Waals surface area contributed by atoms with E-state index in [-0.39, 0.29) is 11.9 Å². The Morgan fingerprint density at radius 3 is 2.43 bits per heavy atom. The molecule has 1 atom stereocenters. The van der Waals surface area contributed by atoms with E-state index < -0.39 is 11.7 Å². The van der Waals surface area contributed by atoms with Crippen molar-refractivity contribution >= 4 is 17.7 Å². The lowest BCUT2D eigenvalue weighted by Crippen LogP contribution is -2.28. The average molecular weight is 384 g/mol. The molecule has 0 aliphatic carbocycles. The van der Waals surface area contributed by atoms with Crippen molar-refractivity contribution in [2.75, 3.05) is 12.4 Å². The molecular weight excluding hydrogens is 356 g/mol. The van der Waals surface area contributed by atoms with Gasteiger partial charge < -0.3 is 14.8 Å². The molecule has 0 unspecified atom stereocenters. The summed E-state index contributed by atoms with van der Waals surface area (Å²) in [5.74, 6) is 0.475. The zero-order chi connectivity index (χ0) is 20.9. The highest BCUT2D eigenvalue weighted by molar-refractivity contribution is 5.96. The molecule has 2 N–H and O–H groups in total. The highest BCUT2D eigenvalue weighted by Crippen LogP contribution is 2.26. The molecule has 0 saturated carbocycles. The van der Waals surface area contributed by atoms with Crippen molar-refractivity contribution in [1.82, 2.24) is 5.32 Å². The van der Waals surface area contributed by atoms with Gasteiger partial charge in [0.25, 0.3) is 5.91 Å². The topological polar surface area (TPSA) is 76.7 Å². The van der Waals surface area contributed by atoms with E-state index in [2.05, 4.69) is 10.6 Å². The second kappa shape index (κ2) is 8.78. The first-order chi connectivity index (χ1) is 13.1. The summed E-state index contributed by atoms with van der Waals surface area (Å²) in [4.78, 5) is 24.6. The van der Waals surface area contributed by atoms with E-state index in [9.17, 15) is 9.59 Å². The van der Waals surface area contributed by atoms with Gasteiger partial charge in [-0.1, -0.05) is 23.8 Å². The fraction of sp³-hybridized carbons (Fsp3) is 0.364. The largest absolute Gasteiger partial charge is 0.496 e. The summed E-state index contributed by atoms with van der Waals surface area (Å²) in [6.45, 7) is 9.26. The van der Waals surface area contributed by atoms with Crippen LogP contribution in [-0.2, 0) is 4.74 Å². The Balaban J connectivity index is 2.11. The van der Waals surface area contributed by atoms with Gasteiger partial charge in [0.1, 0.15) is 11.4 Å². The number of anilines is 1. The lowest BCUT2D eigenvalue weighted by molar-refractivity contribution is 0.0635. The zero-order valence-electron chi connectivity index (χ0n) is 17.3. The number of hydrogen-bond donors (Lipinski definition) is 2. The lowest BCUT2D eigenvalue weighted by atomic mass is 10.0. The molecule has 0 aliphatic rings. The van der Waals surface area contributed by atoms with Gasteiger partial charge in [-0.15, -0.1) is 0 Å². The van der Waals surface area contributed by atoms with Gasteiger partial charge in [0.2, 0.25) is 0 Å². The zero-order valence-corrected chi connectivity index (χ0v) is 17.3. The van der Waals surface area contributed by atoms with E-state index in [0.29, 0.717) is 11.3 Å². The van der Waals surface area contributed by atoms with Crippen molar-refractivity contribution in [3.63, 3.8) is 0 Å². The van der Waals surface area contributed by atoms with E-state index in [1.54, 1.807) is 52.1 Å². The van der Waals surface area contributed by atoms with Gasteiger partial charge in [-0.2, -0.15) is 0 Å². The van der Waals surface area contributed by atoms with Crippen molar-refractivity contribution in [2.45, 2.75) is 46.3 Å². The number of benzene rings is 2. The van der Waals surface area contributed by atoms with E-state index in [4.69, 9.17) is 9.47 Å². The van der Waals surface area contributed by atoms with Crippen LogP contribution >= 0.6 is 0 Å². The molecule has 2 aromatic rings. The molecule has 2 aromatic carbocycles. The summed E-state index contributed by atoms with van der Waals surface area (Å²) >= 11 is 0. The number of carbonyl (C=O) groups excluding carboxylic acids is 2. The van der Waals surface area contributed by atoms with E-state index in [1.165, 1.54) is 0 Å². The van der Waals surface area contributed by atoms with Crippen LogP contribution in [0, 0.1) is 6.92 Å². The monoisotopic (exact) mass is 384 g/mol. The van der Waals surface area contributed by atoms with Gasteiger partial charge in [0.15, 0.2) is 0 Å². The molecule has 0 bridgehead atoms. The summed E-state index contributed by atoms with van der Waals surface area (Å²) in [6.07, 6.45) is -0.567. The Kier molecular flexibility index (Phi) is 6.67. The number of methoxy groups -OCH3 is 1. The molecule has 0 fully saturated rings. The van der Waals surface area contributed by atoms with Crippen molar-refractivity contribution in [2.24, 2.45) is 0 Å². The Morgan fingerprint density at radius 1 is 1.07 bits per heavy atom. The summed E-state index contributed by atoms with van der Waals surface area (Å²) in [5.41, 5.74) is 2.32. The molecule has 0 spiro atoms. The van der Waals surface area contributed by atoms with Crippen molar-refractivity contribution in [3.8, 4) is 5.75 Å². The molecule has 0 heterocycles. The molecule has 0 radical (unpaired) electrons. The molecule has 6 heteroatoms. The Morgan fingerprint density at radius 2 is 1.79 bits per heavy atom. The second-order valence-electron chi connectivity index (χ2n) is 7.65. The SMILES string of the molecule is COc1ccc(C)cc1[C@H](C)NC(=O)c1cccc(NC(=O)OC(C)(C)C)c1. The van der Waals surface area contributed by atoms with Crippen LogP contribution in [0.2, 0.25) is 0 Å². The van der Waals surface area contributed by atoms with E-state index in [1.807, 2.05) is 32.0 Å². The first-order valence-corrected chi connectivity index (χ1v) is 9.14. The van der Waals surface area contributed by atoms with Crippen LogP contribution in [0.5, 0.6) is 5.75 Å². The highest BCUT2D eigenvalue weighted by atomic mass is 16.6. The van der Waals surface area contributed by atoms with Gasteiger partial charge in [-0.3, -0.25) is 10.1 Å². The number of carbonyl (C=O) groups is 2. The molecular formula is C22H28N2O4. The summed E-state index contributed by atoms with van der Waals surface area (Å²) < 4.78 is 10.6. The minimum atomic E-state index is -0.596. The van der Waals surface area contributed by atoms with Gasteiger partial charge in [-0.05, 0) is 58.9 Å². The third-order valence-electron chi connectivity index (χ3n) is 3.97. The van der Waals surface area contributed by atoms with Crippen molar-refractivity contribution in [3.05, 3.63) is 59.2 Å². The number of amides is 2. The highest BCUT2D eigenvalue weighted by Gasteiger charge is 2.18. The molecule has 28 heavy (non-hydrogen) atoms. The third kappa shape index (κ3) is 6.01. The number of aryl methyl sites for hydroxylation is 1. The first kappa shape index (κ1) is 21.3. The van der Waals surface area contributed by atoms with Crippen molar-refractivity contribution in [1.29, 1.82) is 0 Å². The fourth-order valence-electron chi connectivity index (χ4n) is 2.71. The van der Waals surface area contributed by atoms with E-state index >= 15 is 0 Å².